The molecule has 0 aliphatic carbocycles. The van der Waals surface area contributed by atoms with Crippen molar-refractivity contribution in [2.45, 2.75) is 12.5 Å². The maximum Gasteiger partial charge on any atom is 0.211 e. The zero-order chi connectivity index (χ0) is 18.3. The van der Waals surface area contributed by atoms with E-state index in [-0.39, 0.29) is 23.0 Å². The van der Waals surface area contributed by atoms with Gasteiger partial charge >= 0.3 is 0 Å². The minimum absolute atomic E-state index is 0.0337. The third-order valence-electron chi connectivity index (χ3n) is 4.51. The van der Waals surface area contributed by atoms with Crippen LogP contribution in [0.4, 0.5) is 23.0 Å². The van der Waals surface area contributed by atoms with E-state index in [2.05, 4.69) is 32.0 Å². The van der Waals surface area contributed by atoms with Crippen LogP contribution in [0.25, 0.3) is 0 Å². The Balaban J connectivity index is 1.91. The van der Waals surface area contributed by atoms with Crippen LogP contribution in [0.5, 0.6) is 0 Å². The molecule has 1 aromatic heterocycles. The number of hydrogen-bond acceptors (Lipinski definition) is 9. The van der Waals surface area contributed by atoms with E-state index in [1.54, 1.807) is 0 Å². The summed E-state index contributed by atoms with van der Waals surface area (Å²) < 4.78 is 0. The third-order valence-corrected chi connectivity index (χ3v) is 4.51. The number of guanidine groups is 1. The maximum absolute atomic E-state index is 9.35. The largest absolute Gasteiger partial charge is 0.397 e. The summed E-state index contributed by atoms with van der Waals surface area (Å²) in [7, 11) is 0. The van der Waals surface area contributed by atoms with Gasteiger partial charge in [0.05, 0.1) is 5.69 Å². The van der Waals surface area contributed by atoms with Crippen LogP contribution in [0.1, 0.15) is 28.3 Å². The van der Waals surface area contributed by atoms with Crippen LogP contribution >= 0.6 is 0 Å². The van der Waals surface area contributed by atoms with E-state index >= 15 is 0 Å². The molecule has 0 amide bonds. The summed E-state index contributed by atoms with van der Waals surface area (Å²) in [4.78, 5) is 8.80. The molecule has 1 aromatic carbocycles. The van der Waals surface area contributed by atoms with Gasteiger partial charge in [-0.2, -0.15) is 10.5 Å². The summed E-state index contributed by atoms with van der Waals surface area (Å²) in [6.45, 7) is 0.894. The van der Waals surface area contributed by atoms with E-state index < -0.39 is 6.04 Å². The number of aliphatic imine (C=N–C) groups is 1. The van der Waals surface area contributed by atoms with Gasteiger partial charge in [0, 0.05) is 17.8 Å². The third kappa shape index (κ3) is 2.31. The number of pyridine rings is 1. The minimum Gasteiger partial charge on any atom is -0.397 e. The van der Waals surface area contributed by atoms with Gasteiger partial charge in [-0.15, -0.1) is 0 Å². The van der Waals surface area contributed by atoms with E-state index in [1.165, 1.54) is 5.56 Å². The first-order chi connectivity index (χ1) is 12.6. The lowest BCUT2D eigenvalue weighted by Gasteiger charge is -2.26. The van der Waals surface area contributed by atoms with Crippen molar-refractivity contribution in [2.75, 3.05) is 28.6 Å². The first-order valence-corrected chi connectivity index (χ1v) is 7.98. The topological polar surface area (TPSA) is 161 Å². The molecule has 0 fully saturated rings. The van der Waals surface area contributed by atoms with Crippen LogP contribution in [0.3, 0.4) is 0 Å². The molecule has 2 aromatic rings. The molecular formula is C17H15N9. The summed E-state index contributed by atoms with van der Waals surface area (Å²) in [5.41, 5.74) is 16.2. The van der Waals surface area contributed by atoms with Gasteiger partial charge in [0.1, 0.15) is 29.3 Å². The average molecular weight is 345 g/mol. The molecule has 7 N–H and O–H groups in total. The fourth-order valence-electron chi connectivity index (χ4n) is 3.32. The Bertz CT molecular complexity index is 1030. The van der Waals surface area contributed by atoms with Crippen molar-refractivity contribution in [2.24, 2.45) is 4.99 Å². The van der Waals surface area contributed by atoms with Crippen molar-refractivity contribution < 1.29 is 0 Å². The second-order valence-corrected chi connectivity index (χ2v) is 6.00. The van der Waals surface area contributed by atoms with Crippen molar-refractivity contribution in [3.63, 3.8) is 0 Å². The normalized spacial score (nSPS) is 16.8. The van der Waals surface area contributed by atoms with Crippen molar-refractivity contribution in [1.82, 2.24) is 10.3 Å². The SMILES string of the molecule is N#CNC1=NC(c2ccc3c(c2)CCN3)c2c(nc(N)c(C#N)c2N)N1. The number of rotatable bonds is 1. The second-order valence-electron chi connectivity index (χ2n) is 6.00. The highest BCUT2D eigenvalue weighted by atomic mass is 15.2. The Kier molecular flexibility index (Phi) is 3.48. The Hall–Kier alpha value is -3.98. The number of fused-ring (bicyclic) bond motifs is 2. The van der Waals surface area contributed by atoms with Gasteiger partial charge in [-0.25, -0.2) is 9.98 Å². The number of aromatic nitrogens is 1. The molecule has 26 heavy (non-hydrogen) atoms. The lowest BCUT2D eigenvalue weighted by atomic mass is 9.93. The van der Waals surface area contributed by atoms with Crippen molar-refractivity contribution in [3.8, 4) is 12.3 Å². The standard InChI is InChI=1S/C17H15N9/c18-6-10-13(20)12-14(9-1-2-11-8(5-9)3-4-22-11)24-17(23-7-19)26-16(12)25-15(10)21/h1-2,5,14,22H,3-4H2,(H6,20,21,23,24,25,26). The lowest BCUT2D eigenvalue weighted by Crippen LogP contribution is -2.32. The molecule has 128 valence electrons. The number of nitriles is 2. The fraction of sp³-hybridized carbons (Fsp3) is 0.176. The highest BCUT2D eigenvalue weighted by Gasteiger charge is 2.30. The molecule has 4 rings (SSSR count). The quantitative estimate of drug-likeness (QED) is 0.378. The number of hydrogen-bond donors (Lipinski definition) is 5. The average Bonchev–Trinajstić information content (AvgIpc) is 3.09. The summed E-state index contributed by atoms with van der Waals surface area (Å²) in [6, 6.07) is 7.50. The molecule has 9 heteroatoms. The maximum atomic E-state index is 9.35. The van der Waals surface area contributed by atoms with Crippen molar-refractivity contribution in [1.29, 1.82) is 10.5 Å². The smallest absolute Gasteiger partial charge is 0.211 e. The van der Waals surface area contributed by atoms with Crippen LogP contribution in [0.15, 0.2) is 23.2 Å². The van der Waals surface area contributed by atoms with Crippen LogP contribution in [0, 0.1) is 22.8 Å². The van der Waals surface area contributed by atoms with E-state index in [1.807, 2.05) is 24.4 Å². The van der Waals surface area contributed by atoms with Gasteiger partial charge in [-0.3, -0.25) is 5.32 Å². The van der Waals surface area contributed by atoms with E-state index in [0.717, 1.165) is 24.2 Å². The lowest BCUT2D eigenvalue weighted by molar-refractivity contribution is 0.845. The molecule has 0 spiro atoms. The van der Waals surface area contributed by atoms with Crippen molar-refractivity contribution in [3.05, 3.63) is 40.5 Å². The summed E-state index contributed by atoms with van der Waals surface area (Å²) in [5, 5.41) is 27.0. The summed E-state index contributed by atoms with van der Waals surface area (Å²) in [5.74, 6) is 0.668. The molecule has 0 radical (unpaired) electrons. The Morgan fingerprint density at radius 1 is 1.27 bits per heavy atom. The molecule has 1 unspecified atom stereocenters. The molecule has 9 nitrogen and oxygen atoms in total. The zero-order valence-corrected chi connectivity index (χ0v) is 13.7. The molecule has 1 atom stereocenters. The van der Waals surface area contributed by atoms with E-state index in [9.17, 15) is 5.26 Å². The Labute approximate surface area is 149 Å². The van der Waals surface area contributed by atoms with Gasteiger partial charge in [-0.1, -0.05) is 12.1 Å². The number of nitrogens with two attached hydrogens (primary N) is 2. The predicted octanol–water partition coefficient (Wildman–Crippen LogP) is 1.03. The molecule has 3 heterocycles. The molecular weight excluding hydrogens is 330 g/mol. The van der Waals surface area contributed by atoms with Crippen molar-refractivity contribution >= 4 is 29.0 Å². The Morgan fingerprint density at radius 3 is 2.88 bits per heavy atom. The molecule has 0 saturated carbocycles. The first kappa shape index (κ1) is 15.5. The summed E-state index contributed by atoms with van der Waals surface area (Å²) in [6.07, 6.45) is 2.76. The van der Waals surface area contributed by atoms with Crippen LogP contribution in [-0.4, -0.2) is 17.5 Å². The number of nitrogens with one attached hydrogen (secondary N) is 3. The van der Waals surface area contributed by atoms with Crippen LogP contribution in [0.2, 0.25) is 0 Å². The predicted molar refractivity (Wildman–Crippen MR) is 98.1 cm³/mol. The molecule has 2 aliphatic heterocycles. The summed E-state index contributed by atoms with van der Waals surface area (Å²) >= 11 is 0. The highest BCUT2D eigenvalue weighted by Crippen LogP contribution is 2.41. The van der Waals surface area contributed by atoms with Gasteiger partial charge in [0.15, 0.2) is 6.19 Å². The zero-order valence-electron chi connectivity index (χ0n) is 13.7. The number of anilines is 4. The van der Waals surface area contributed by atoms with Gasteiger partial charge in [-0.05, 0) is 23.6 Å². The first-order valence-electron chi connectivity index (χ1n) is 7.98. The van der Waals surface area contributed by atoms with Crippen LogP contribution < -0.4 is 27.4 Å². The molecule has 0 bridgehead atoms. The second kappa shape index (κ2) is 5.83. The number of benzene rings is 1. The van der Waals surface area contributed by atoms with Gasteiger partial charge < -0.3 is 22.1 Å². The molecule has 2 aliphatic rings. The number of nitrogens with zero attached hydrogens (tertiary/aromatic N) is 4. The van der Waals surface area contributed by atoms with E-state index in [4.69, 9.17) is 16.7 Å². The van der Waals surface area contributed by atoms with Gasteiger partial charge in [0.2, 0.25) is 5.96 Å². The highest BCUT2D eigenvalue weighted by molar-refractivity contribution is 5.98. The van der Waals surface area contributed by atoms with E-state index in [0.29, 0.717) is 11.4 Å². The molecule has 0 saturated heterocycles. The Morgan fingerprint density at radius 2 is 2.12 bits per heavy atom. The number of nitrogen functional groups attached to an aromatic ring is 2. The fourth-order valence-corrected chi connectivity index (χ4v) is 3.32. The van der Waals surface area contributed by atoms with Gasteiger partial charge in [0.25, 0.3) is 0 Å². The monoisotopic (exact) mass is 345 g/mol. The van der Waals surface area contributed by atoms with Crippen LogP contribution in [-0.2, 0) is 6.42 Å². The minimum atomic E-state index is -0.506.